The fraction of sp³-hybridized carbons (Fsp3) is 0.583. The van der Waals surface area contributed by atoms with Gasteiger partial charge >= 0.3 is 0 Å². The number of hydrogen-bond acceptors (Lipinski definition) is 4. The standard InChI is InChI=1S/C24H34N2O3/c1-5-14-29-24(12-6-8-18(4)15-24)23(27)26-20-10-11-21(28-16-17(2)3)22-19(20)9-7-13-25-22/h7,9-11,13,17-18H,5-6,8,12,14-16H2,1-4H3,(H,26,27)/t18-,24-/m1/s1. The number of carbonyl (C=O) groups is 1. The van der Waals surface area contributed by atoms with Crippen molar-refractivity contribution in [2.24, 2.45) is 11.8 Å². The summed E-state index contributed by atoms with van der Waals surface area (Å²) in [5, 5.41) is 4.04. The highest BCUT2D eigenvalue weighted by atomic mass is 16.5. The summed E-state index contributed by atoms with van der Waals surface area (Å²) in [5.41, 5.74) is 0.786. The van der Waals surface area contributed by atoms with Crippen LogP contribution in [0.3, 0.4) is 0 Å². The summed E-state index contributed by atoms with van der Waals surface area (Å²) in [7, 11) is 0. The highest BCUT2D eigenvalue weighted by Crippen LogP contribution is 2.37. The van der Waals surface area contributed by atoms with E-state index in [9.17, 15) is 4.79 Å². The molecule has 5 heteroatoms. The molecule has 0 spiro atoms. The third-order valence-corrected chi connectivity index (χ3v) is 5.51. The average Bonchev–Trinajstić information content (AvgIpc) is 2.71. The van der Waals surface area contributed by atoms with Gasteiger partial charge in [0.1, 0.15) is 16.9 Å². The van der Waals surface area contributed by atoms with Gasteiger partial charge in [-0.2, -0.15) is 0 Å². The molecule has 1 N–H and O–H groups in total. The lowest BCUT2D eigenvalue weighted by atomic mass is 9.78. The van der Waals surface area contributed by atoms with Gasteiger partial charge in [0.25, 0.3) is 5.91 Å². The van der Waals surface area contributed by atoms with Crippen molar-refractivity contribution in [3.8, 4) is 5.75 Å². The number of pyridine rings is 1. The van der Waals surface area contributed by atoms with Gasteiger partial charge < -0.3 is 14.8 Å². The Labute approximate surface area is 174 Å². The molecule has 0 radical (unpaired) electrons. The van der Waals surface area contributed by atoms with E-state index in [4.69, 9.17) is 9.47 Å². The number of anilines is 1. The number of fused-ring (bicyclic) bond motifs is 1. The topological polar surface area (TPSA) is 60.5 Å². The number of benzene rings is 1. The molecular formula is C24H34N2O3. The first-order valence-corrected chi connectivity index (χ1v) is 10.9. The molecule has 3 rings (SSSR count). The summed E-state index contributed by atoms with van der Waals surface area (Å²) < 4.78 is 12.1. The van der Waals surface area contributed by atoms with Crippen molar-refractivity contribution in [2.45, 2.75) is 65.4 Å². The monoisotopic (exact) mass is 398 g/mol. The molecule has 5 nitrogen and oxygen atoms in total. The van der Waals surface area contributed by atoms with Gasteiger partial charge in [-0.1, -0.05) is 34.1 Å². The van der Waals surface area contributed by atoms with E-state index in [2.05, 4.69) is 38.0 Å². The number of nitrogens with one attached hydrogen (secondary N) is 1. The van der Waals surface area contributed by atoms with Gasteiger partial charge in [-0.05, 0) is 61.8 Å². The molecule has 0 unspecified atom stereocenters. The smallest absolute Gasteiger partial charge is 0.256 e. The fourth-order valence-electron chi connectivity index (χ4n) is 4.07. The molecule has 29 heavy (non-hydrogen) atoms. The van der Waals surface area contributed by atoms with Crippen molar-refractivity contribution in [2.75, 3.05) is 18.5 Å². The third kappa shape index (κ3) is 5.08. The van der Waals surface area contributed by atoms with Gasteiger partial charge in [-0.3, -0.25) is 9.78 Å². The number of ether oxygens (including phenoxy) is 2. The van der Waals surface area contributed by atoms with E-state index in [-0.39, 0.29) is 5.91 Å². The SMILES string of the molecule is CCCO[C@]1(C(=O)Nc2ccc(OCC(C)C)c3ncccc23)CCC[C@@H](C)C1. The number of aromatic nitrogens is 1. The zero-order chi connectivity index (χ0) is 20.9. The second kappa shape index (κ2) is 9.57. The van der Waals surface area contributed by atoms with Crippen LogP contribution in [0.5, 0.6) is 5.75 Å². The Bertz CT molecular complexity index is 836. The van der Waals surface area contributed by atoms with Crippen LogP contribution in [0.25, 0.3) is 10.9 Å². The number of rotatable bonds is 8. The fourth-order valence-corrected chi connectivity index (χ4v) is 4.07. The molecule has 1 amide bonds. The van der Waals surface area contributed by atoms with E-state index in [1.807, 2.05) is 24.3 Å². The Morgan fingerprint density at radius 2 is 2.17 bits per heavy atom. The van der Waals surface area contributed by atoms with Crippen molar-refractivity contribution in [1.29, 1.82) is 0 Å². The molecule has 158 valence electrons. The molecule has 1 heterocycles. The first-order valence-electron chi connectivity index (χ1n) is 10.9. The van der Waals surface area contributed by atoms with Crippen molar-refractivity contribution < 1.29 is 14.3 Å². The Hall–Kier alpha value is -2.14. The van der Waals surface area contributed by atoms with Gasteiger partial charge in [0.2, 0.25) is 0 Å². The Morgan fingerprint density at radius 1 is 1.34 bits per heavy atom. The Morgan fingerprint density at radius 3 is 2.90 bits per heavy atom. The van der Waals surface area contributed by atoms with E-state index in [0.29, 0.717) is 25.0 Å². The predicted octanol–water partition coefficient (Wildman–Crippen LogP) is 5.58. The lowest BCUT2D eigenvalue weighted by molar-refractivity contribution is -0.148. The van der Waals surface area contributed by atoms with Gasteiger partial charge in [0, 0.05) is 18.2 Å². The summed E-state index contributed by atoms with van der Waals surface area (Å²) in [6, 6.07) is 7.67. The third-order valence-electron chi connectivity index (χ3n) is 5.51. The molecule has 0 saturated heterocycles. The van der Waals surface area contributed by atoms with E-state index >= 15 is 0 Å². The minimum Gasteiger partial charge on any atom is -0.491 e. The van der Waals surface area contributed by atoms with Crippen LogP contribution >= 0.6 is 0 Å². The van der Waals surface area contributed by atoms with Crippen molar-refractivity contribution in [3.05, 3.63) is 30.5 Å². The summed E-state index contributed by atoms with van der Waals surface area (Å²) in [6.07, 6.45) is 6.37. The zero-order valence-electron chi connectivity index (χ0n) is 18.2. The maximum absolute atomic E-state index is 13.4. The highest BCUT2D eigenvalue weighted by molar-refractivity contribution is 6.05. The number of nitrogens with zero attached hydrogens (tertiary/aromatic N) is 1. The van der Waals surface area contributed by atoms with Crippen LogP contribution < -0.4 is 10.1 Å². The molecule has 2 aromatic rings. The Kier molecular flexibility index (Phi) is 7.12. The molecule has 1 aliphatic carbocycles. The number of carbonyl (C=O) groups excluding carboxylic acids is 1. The number of hydrogen-bond donors (Lipinski definition) is 1. The molecule has 0 bridgehead atoms. The van der Waals surface area contributed by atoms with Crippen LogP contribution in [-0.4, -0.2) is 29.7 Å². The van der Waals surface area contributed by atoms with E-state index in [1.54, 1.807) is 6.20 Å². The summed E-state index contributed by atoms with van der Waals surface area (Å²) in [5.74, 6) is 1.61. The van der Waals surface area contributed by atoms with Crippen LogP contribution in [0, 0.1) is 11.8 Å². The first kappa shape index (κ1) is 21.6. The Balaban J connectivity index is 1.88. The number of amides is 1. The maximum atomic E-state index is 13.4. The van der Waals surface area contributed by atoms with Gasteiger partial charge in [-0.15, -0.1) is 0 Å². The van der Waals surface area contributed by atoms with Gasteiger partial charge in [0.15, 0.2) is 0 Å². The van der Waals surface area contributed by atoms with Crippen LogP contribution in [0.1, 0.15) is 59.8 Å². The van der Waals surface area contributed by atoms with E-state index in [0.717, 1.165) is 54.4 Å². The molecule has 0 aliphatic heterocycles. The van der Waals surface area contributed by atoms with Crippen LogP contribution in [0.4, 0.5) is 5.69 Å². The molecule has 1 aromatic heterocycles. The van der Waals surface area contributed by atoms with Crippen molar-refractivity contribution in [3.63, 3.8) is 0 Å². The second-order valence-corrected chi connectivity index (χ2v) is 8.71. The van der Waals surface area contributed by atoms with Crippen LogP contribution in [0.15, 0.2) is 30.5 Å². The van der Waals surface area contributed by atoms with Gasteiger partial charge in [0.05, 0.1) is 12.3 Å². The lowest BCUT2D eigenvalue weighted by Gasteiger charge is -2.38. The normalized spacial score (nSPS) is 22.0. The summed E-state index contributed by atoms with van der Waals surface area (Å²) >= 11 is 0. The lowest BCUT2D eigenvalue weighted by Crippen LogP contribution is -2.48. The minimum absolute atomic E-state index is 0.0431. The molecule has 1 saturated carbocycles. The molecule has 1 aliphatic rings. The van der Waals surface area contributed by atoms with E-state index in [1.165, 1.54) is 0 Å². The largest absolute Gasteiger partial charge is 0.491 e. The quantitative estimate of drug-likeness (QED) is 0.630. The van der Waals surface area contributed by atoms with E-state index < -0.39 is 5.60 Å². The second-order valence-electron chi connectivity index (χ2n) is 8.71. The van der Waals surface area contributed by atoms with Crippen LogP contribution in [0.2, 0.25) is 0 Å². The zero-order valence-corrected chi connectivity index (χ0v) is 18.2. The molecule has 1 fully saturated rings. The first-order chi connectivity index (χ1) is 13.9. The average molecular weight is 399 g/mol. The van der Waals surface area contributed by atoms with Gasteiger partial charge in [-0.25, -0.2) is 0 Å². The predicted molar refractivity (Wildman–Crippen MR) is 117 cm³/mol. The highest BCUT2D eigenvalue weighted by Gasteiger charge is 2.42. The molecular weight excluding hydrogens is 364 g/mol. The molecule has 1 aromatic carbocycles. The summed E-state index contributed by atoms with van der Waals surface area (Å²) in [4.78, 5) is 17.9. The van der Waals surface area contributed by atoms with Crippen molar-refractivity contribution >= 4 is 22.5 Å². The maximum Gasteiger partial charge on any atom is 0.256 e. The minimum atomic E-state index is -0.741. The van der Waals surface area contributed by atoms with Crippen molar-refractivity contribution in [1.82, 2.24) is 4.98 Å². The molecule has 2 atom stereocenters. The summed E-state index contributed by atoms with van der Waals surface area (Å²) in [6.45, 7) is 9.74. The van der Waals surface area contributed by atoms with Crippen LogP contribution in [-0.2, 0) is 9.53 Å².